The van der Waals surface area contributed by atoms with Crippen molar-refractivity contribution in [3.63, 3.8) is 0 Å². The number of carbonyl (C=O) groups is 1. The van der Waals surface area contributed by atoms with E-state index in [-0.39, 0.29) is 5.97 Å². The van der Waals surface area contributed by atoms with Crippen LogP contribution in [0.15, 0.2) is 30.3 Å². The van der Waals surface area contributed by atoms with Crippen LogP contribution in [-0.2, 0) is 16.1 Å². The number of aryl methyl sites for hydroxylation is 1. The second kappa shape index (κ2) is 8.53. The van der Waals surface area contributed by atoms with Crippen LogP contribution in [0.25, 0.3) is 6.08 Å². The summed E-state index contributed by atoms with van der Waals surface area (Å²) in [5, 5.41) is 4.67. The molecule has 2 heterocycles. The lowest BCUT2D eigenvalue weighted by Crippen LogP contribution is -2.27. The molecule has 1 aliphatic heterocycles. The van der Waals surface area contributed by atoms with Crippen LogP contribution in [0.1, 0.15) is 47.0 Å². The van der Waals surface area contributed by atoms with Gasteiger partial charge in [0, 0.05) is 24.4 Å². The highest BCUT2D eigenvalue weighted by molar-refractivity contribution is 5.86. The summed E-state index contributed by atoms with van der Waals surface area (Å²) in [4.78, 5) is 13.8. The molecular formula is C22H29N3O2. The third-order valence-electron chi connectivity index (χ3n) is 5.64. The Labute approximate surface area is 161 Å². The quantitative estimate of drug-likeness (QED) is 0.575. The Balaban J connectivity index is 1.64. The van der Waals surface area contributed by atoms with Crippen molar-refractivity contribution in [2.24, 2.45) is 0 Å². The first kappa shape index (κ1) is 19.4. The largest absolute Gasteiger partial charge is 0.466 e. The predicted molar refractivity (Wildman–Crippen MR) is 107 cm³/mol. The molecule has 0 unspecified atom stereocenters. The molecule has 0 aliphatic carbocycles. The highest BCUT2D eigenvalue weighted by atomic mass is 16.5. The van der Waals surface area contributed by atoms with Crippen molar-refractivity contribution >= 4 is 12.0 Å². The first-order chi connectivity index (χ1) is 13.0. The Kier molecular flexibility index (Phi) is 6.11. The summed E-state index contributed by atoms with van der Waals surface area (Å²) in [6, 6.07) is 8.94. The van der Waals surface area contributed by atoms with E-state index in [0.717, 1.165) is 30.9 Å². The van der Waals surface area contributed by atoms with Crippen molar-refractivity contribution < 1.29 is 9.53 Å². The van der Waals surface area contributed by atoms with Crippen molar-refractivity contribution in [3.05, 3.63) is 58.4 Å². The van der Waals surface area contributed by atoms with Crippen molar-refractivity contribution in [2.45, 2.75) is 46.2 Å². The number of ether oxygens (including phenoxy) is 1. The molecule has 1 fully saturated rings. The summed E-state index contributed by atoms with van der Waals surface area (Å²) in [7, 11) is 1.39. The monoisotopic (exact) mass is 367 g/mol. The fourth-order valence-corrected chi connectivity index (χ4v) is 3.76. The van der Waals surface area contributed by atoms with E-state index < -0.39 is 0 Å². The Morgan fingerprint density at radius 3 is 2.59 bits per heavy atom. The molecule has 0 radical (unpaired) electrons. The van der Waals surface area contributed by atoms with E-state index in [2.05, 4.69) is 64.5 Å². The Bertz CT molecular complexity index is 821. The smallest absolute Gasteiger partial charge is 0.330 e. The van der Waals surface area contributed by atoms with Crippen LogP contribution >= 0.6 is 0 Å². The molecular weight excluding hydrogens is 338 g/mol. The Morgan fingerprint density at radius 1 is 1.22 bits per heavy atom. The first-order valence-electron chi connectivity index (χ1n) is 9.60. The lowest BCUT2D eigenvalue weighted by Gasteiger charge is -2.25. The second-order valence-corrected chi connectivity index (χ2v) is 7.24. The van der Waals surface area contributed by atoms with E-state index in [1.165, 1.54) is 42.8 Å². The van der Waals surface area contributed by atoms with E-state index in [9.17, 15) is 4.79 Å². The van der Waals surface area contributed by atoms with Gasteiger partial charge in [0.1, 0.15) is 0 Å². The van der Waals surface area contributed by atoms with Crippen LogP contribution in [0.5, 0.6) is 0 Å². The van der Waals surface area contributed by atoms with E-state index in [0.29, 0.717) is 6.04 Å². The summed E-state index contributed by atoms with van der Waals surface area (Å²) < 4.78 is 6.77. The minimum Gasteiger partial charge on any atom is -0.466 e. The molecule has 1 aliphatic rings. The molecule has 0 N–H and O–H groups in total. The van der Waals surface area contributed by atoms with Gasteiger partial charge >= 0.3 is 5.97 Å². The van der Waals surface area contributed by atoms with E-state index in [4.69, 9.17) is 0 Å². The molecule has 1 aromatic carbocycles. The molecule has 5 heteroatoms. The maximum absolute atomic E-state index is 11.2. The highest BCUT2D eigenvalue weighted by Gasteiger charge is 2.25. The first-order valence-corrected chi connectivity index (χ1v) is 9.60. The third kappa shape index (κ3) is 4.48. The zero-order valence-corrected chi connectivity index (χ0v) is 16.7. The van der Waals surface area contributed by atoms with Gasteiger partial charge in [-0.1, -0.05) is 24.3 Å². The summed E-state index contributed by atoms with van der Waals surface area (Å²) >= 11 is 0. The molecule has 1 atom stereocenters. The molecule has 5 nitrogen and oxygen atoms in total. The highest BCUT2D eigenvalue weighted by Crippen LogP contribution is 2.32. The van der Waals surface area contributed by atoms with Crippen LogP contribution in [0.3, 0.4) is 0 Å². The van der Waals surface area contributed by atoms with Gasteiger partial charge in [0.05, 0.1) is 19.3 Å². The van der Waals surface area contributed by atoms with Crippen LogP contribution < -0.4 is 0 Å². The van der Waals surface area contributed by atoms with Gasteiger partial charge in [-0.3, -0.25) is 9.58 Å². The fraction of sp³-hybridized carbons (Fsp3) is 0.455. The molecule has 2 aromatic rings. The van der Waals surface area contributed by atoms with Crippen molar-refractivity contribution in [2.75, 3.05) is 20.2 Å². The summed E-state index contributed by atoms with van der Waals surface area (Å²) in [5.74, 6) is -0.333. The van der Waals surface area contributed by atoms with Crippen LogP contribution in [0, 0.1) is 20.8 Å². The number of aromatic nitrogens is 2. The number of hydrogen-bond acceptors (Lipinski definition) is 4. The molecule has 27 heavy (non-hydrogen) atoms. The van der Waals surface area contributed by atoms with E-state index >= 15 is 0 Å². The van der Waals surface area contributed by atoms with Gasteiger partial charge in [-0.25, -0.2) is 4.79 Å². The summed E-state index contributed by atoms with van der Waals surface area (Å²) in [6.07, 6.45) is 5.65. The summed E-state index contributed by atoms with van der Waals surface area (Å²) in [5.41, 5.74) is 6.04. The molecule has 0 bridgehead atoms. The van der Waals surface area contributed by atoms with Gasteiger partial charge in [0.15, 0.2) is 0 Å². The van der Waals surface area contributed by atoms with Crippen molar-refractivity contribution in [3.8, 4) is 0 Å². The molecule has 1 aromatic heterocycles. The Hall–Kier alpha value is -2.40. The standard InChI is InChI=1S/C22H29N3O2/c1-16-17(2)23-25(18(16)3)15-14-24-13-5-6-21(24)20-10-7-19(8-11-20)9-12-22(26)27-4/h7-12,21H,5-6,13-15H2,1-4H3/b12-9+/t21-/m0/s1. The van der Waals surface area contributed by atoms with Gasteiger partial charge in [0.25, 0.3) is 0 Å². The van der Waals surface area contributed by atoms with Gasteiger partial charge in [-0.15, -0.1) is 0 Å². The average Bonchev–Trinajstić information content (AvgIpc) is 3.25. The number of carbonyl (C=O) groups excluding carboxylic acids is 1. The normalized spacial score (nSPS) is 17.7. The van der Waals surface area contributed by atoms with E-state index in [1.807, 2.05) is 0 Å². The minimum atomic E-state index is -0.333. The lowest BCUT2D eigenvalue weighted by molar-refractivity contribution is -0.134. The van der Waals surface area contributed by atoms with Gasteiger partial charge in [-0.2, -0.15) is 5.10 Å². The molecule has 0 amide bonds. The second-order valence-electron chi connectivity index (χ2n) is 7.24. The van der Waals surface area contributed by atoms with Crippen molar-refractivity contribution in [1.82, 2.24) is 14.7 Å². The van der Waals surface area contributed by atoms with Crippen molar-refractivity contribution in [1.29, 1.82) is 0 Å². The van der Waals surface area contributed by atoms with Gasteiger partial charge in [0.2, 0.25) is 0 Å². The zero-order valence-electron chi connectivity index (χ0n) is 16.7. The van der Waals surface area contributed by atoms with Crippen LogP contribution in [-0.4, -0.2) is 40.8 Å². The van der Waals surface area contributed by atoms with Crippen LogP contribution in [0.4, 0.5) is 0 Å². The number of hydrogen-bond donors (Lipinski definition) is 0. The Morgan fingerprint density at radius 2 is 1.96 bits per heavy atom. The molecule has 0 saturated carbocycles. The molecule has 144 valence electrons. The van der Waals surface area contributed by atoms with Gasteiger partial charge in [-0.05, 0) is 62.9 Å². The van der Waals surface area contributed by atoms with Gasteiger partial charge < -0.3 is 4.74 Å². The number of rotatable bonds is 6. The zero-order chi connectivity index (χ0) is 19.4. The maximum Gasteiger partial charge on any atom is 0.330 e. The number of nitrogens with zero attached hydrogens (tertiary/aromatic N) is 3. The third-order valence-corrected chi connectivity index (χ3v) is 5.64. The lowest BCUT2D eigenvalue weighted by atomic mass is 10.0. The molecule has 3 rings (SSSR count). The SMILES string of the molecule is COC(=O)/C=C/c1ccc([C@@H]2CCCN2CCn2nc(C)c(C)c2C)cc1. The summed E-state index contributed by atoms with van der Waals surface area (Å²) in [6.45, 7) is 9.44. The number of likely N-dealkylation sites (tertiary alicyclic amines) is 1. The predicted octanol–water partition coefficient (Wildman–Crippen LogP) is 3.83. The number of methoxy groups -OCH3 is 1. The topological polar surface area (TPSA) is 47.4 Å². The fourth-order valence-electron chi connectivity index (χ4n) is 3.76. The molecule has 0 spiro atoms. The molecule has 1 saturated heterocycles. The minimum absolute atomic E-state index is 0.333. The maximum atomic E-state index is 11.2. The average molecular weight is 367 g/mol. The van der Waals surface area contributed by atoms with Crippen LogP contribution in [0.2, 0.25) is 0 Å². The number of benzene rings is 1. The van der Waals surface area contributed by atoms with E-state index in [1.54, 1.807) is 6.08 Å². The number of esters is 1.